The van der Waals surface area contributed by atoms with E-state index in [1.807, 2.05) is 0 Å². The number of non-ortho nitro benzene ring substituents is 1. The molecule has 0 amide bonds. The van der Waals surface area contributed by atoms with E-state index in [9.17, 15) is 24.8 Å². The predicted octanol–water partition coefficient (Wildman–Crippen LogP) is 0.872. The van der Waals surface area contributed by atoms with Gasteiger partial charge in [-0.2, -0.15) is 4.62 Å². The number of benzene rings is 1. The molecular weight excluding hydrogens is 273 g/mol. The molecule has 18 heavy (non-hydrogen) atoms. The van der Waals surface area contributed by atoms with Gasteiger partial charge in [-0.15, -0.1) is 0 Å². The Morgan fingerprint density at radius 2 is 1.89 bits per heavy atom. The van der Waals surface area contributed by atoms with E-state index in [1.165, 1.54) is 0 Å². The van der Waals surface area contributed by atoms with Gasteiger partial charge in [0, 0.05) is 6.07 Å². The Morgan fingerprint density at radius 1 is 1.28 bits per heavy atom. The van der Waals surface area contributed by atoms with Crippen LogP contribution >= 0.6 is 7.82 Å². The van der Waals surface area contributed by atoms with E-state index in [-0.39, 0.29) is 0 Å². The minimum atomic E-state index is -4.70. The molecule has 0 aliphatic rings. The molecule has 1 aromatic carbocycles. The summed E-state index contributed by atoms with van der Waals surface area (Å²) in [6.45, 7) is 0. The van der Waals surface area contributed by atoms with Gasteiger partial charge in [-0.25, -0.2) is 10.5 Å². The van der Waals surface area contributed by atoms with Crippen LogP contribution in [0.5, 0.6) is 5.75 Å². The summed E-state index contributed by atoms with van der Waals surface area (Å²) < 4.78 is 18.8. The van der Waals surface area contributed by atoms with Crippen molar-refractivity contribution in [3.63, 3.8) is 0 Å². The Labute approximate surface area is 98.6 Å². The molecule has 0 fully saturated rings. The summed E-state index contributed by atoms with van der Waals surface area (Å²) in [5.41, 5.74) is -1.44. The molecule has 0 aliphatic carbocycles. The number of rotatable bonds is 5. The molecule has 0 bridgehead atoms. The quantitative estimate of drug-likeness (QED) is 0.451. The standard InChI is InChI=1S/C6H6N3O8P/c7-17-18(14,15)16-6-2-1-4(8(10)11)3-5(6)9(12)13/h1-3H,7H2,(H,14,15). The molecule has 1 rings (SSSR count). The number of hydrogen-bond donors (Lipinski definition) is 2. The van der Waals surface area contributed by atoms with Crippen LogP contribution in [-0.4, -0.2) is 14.7 Å². The maximum atomic E-state index is 11.0. The highest BCUT2D eigenvalue weighted by Gasteiger charge is 2.28. The van der Waals surface area contributed by atoms with Gasteiger partial charge >= 0.3 is 13.5 Å². The van der Waals surface area contributed by atoms with Gasteiger partial charge in [0.05, 0.1) is 15.9 Å². The summed E-state index contributed by atoms with van der Waals surface area (Å²) >= 11 is 0. The van der Waals surface area contributed by atoms with Gasteiger partial charge in [0.15, 0.2) is 0 Å². The minimum absolute atomic E-state index is 0.574. The first-order valence-electron chi connectivity index (χ1n) is 4.10. The molecule has 1 unspecified atom stereocenters. The number of nitro groups is 2. The monoisotopic (exact) mass is 279 g/mol. The molecule has 11 nitrogen and oxygen atoms in total. The topological polar surface area (TPSA) is 168 Å². The highest BCUT2D eigenvalue weighted by atomic mass is 31.2. The molecule has 0 aliphatic heterocycles. The Balaban J connectivity index is 3.24. The van der Waals surface area contributed by atoms with E-state index in [2.05, 4.69) is 15.0 Å². The fraction of sp³-hybridized carbons (Fsp3) is 0. The molecule has 0 heterocycles. The first-order chi connectivity index (χ1) is 8.26. The first kappa shape index (κ1) is 14.0. The summed E-state index contributed by atoms with van der Waals surface area (Å²) in [4.78, 5) is 28.1. The Kier molecular flexibility index (Phi) is 3.93. The van der Waals surface area contributed by atoms with Crippen molar-refractivity contribution in [2.75, 3.05) is 0 Å². The van der Waals surface area contributed by atoms with Gasteiger partial charge in [0.2, 0.25) is 5.75 Å². The van der Waals surface area contributed by atoms with Crippen LogP contribution in [0.3, 0.4) is 0 Å². The first-order valence-corrected chi connectivity index (χ1v) is 5.60. The fourth-order valence-electron chi connectivity index (χ4n) is 0.985. The van der Waals surface area contributed by atoms with Crippen molar-refractivity contribution in [1.82, 2.24) is 0 Å². The third-order valence-corrected chi connectivity index (χ3v) is 2.39. The zero-order valence-corrected chi connectivity index (χ0v) is 9.35. The van der Waals surface area contributed by atoms with E-state index in [1.54, 1.807) is 0 Å². The summed E-state index contributed by atoms with van der Waals surface area (Å²) in [5, 5.41) is 21.1. The smallest absolute Gasteiger partial charge is 0.396 e. The molecule has 1 atom stereocenters. The zero-order valence-electron chi connectivity index (χ0n) is 8.46. The van der Waals surface area contributed by atoms with Gasteiger partial charge in [-0.3, -0.25) is 25.1 Å². The molecule has 0 saturated heterocycles. The van der Waals surface area contributed by atoms with Crippen LogP contribution in [0.2, 0.25) is 0 Å². The lowest BCUT2D eigenvalue weighted by atomic mass is 10.2. The fourth-order valence-corrected chi connectivity index (χ4v) is 1.43. The van der Waals surface area contributed by atoms with E-state index in [0.29, 0.717) is 6.07 Å². The van der Waals surface area contributed by atoms with Gasteiger partial charge in [-0.05, 0) is 6.07 Å². The van der Waals surface area contributed by atoms with Crippen molar-refractivity contribution in [1.29, 1.82) is 0 Å². The molecule has 0 saturated carbocycles. The number of hydrogen-bond acceptors (Lipinski definition) is 8. The molecule has 0 aromatic heterocycles. The Bertz CT molecular complexity index is 546. The molecule has 3 N–H and O–H groups in total. The summed E-state index contributed by atoms with van der Waals surface area (Å²) in [6.07, 6.45) is 0. The third kappa shape index (κ3) is 3.21. The molecule has 1 aromatic rings. The third-order valence-electron chi connectivity index (χ3n) is 1.70. The number of phosphoric ester groups is 1. The largest absolute Gasteiger partial charge is 0.544 e. The van der Waals surface area contributed by atoms with Gasteiger partial charge in [0.25, 0.3) is 5.69 Å². The average molecular weight is 279 g/mol. The van der Waals surface area contributed by atoms with Crippen molar-refractivity contribution < 1.29 is 28.5 Å². The normalized spacial score (nSPS) is 13.7. The van der Waals surface area contributed by atoms with Crippen molar-refractivity contribution in [2.24, 2.45) is 5.90 Å². The van der Waals surface area contributed by atoms with Gasteiger partial charge < -0.3 is 4.52 Å². The zero-order chi connectivity index (χ0) is 13.9. The molecule has 0 spiro atoms. The number of nitrogens with zero attached hydrogens (tertiary/aromatic N) is 2. The lowest BCUT2D eigenvalue weighted by Gasteiger charge is -2.09. The van der Waals surface area contributed by atoms with Crippen LogP contribution < -0.4 is 10.4 Å². The van der Waals surface area contributed by atoms with Crippen LogP contribution in [0.25, 0.3) is 0 Å². The van der Waals surface area contributed by atoms with Crippen LogP contribution in [-0.2, 0) is 9.19 Å². The van der Waals surface area contributed by atoms with E-state index < -0.39 is 34.8 Å². The maximum Gasteiger partial charge on any atom is 0.544 e. The molecular formula is C6H6N3O8P. The summed E-state index contributed by atoms with van der Waals surface area (Å²) in [5.74, 6) is 3.76. The van der Waals surface area contributed by atoms with Gasteiger partial charge in [0.1, 0.15) is 0 Å². The second kappa shape index (κ2) is 5.06. The second-order valence-electron chi connectivity index (χ2n) is 2.83. The van der Waals surface area contributed by atoms with Crippen LogP contribution in [0, 0.1) is 20.2 Å². The highest BCUT2D eigenvalue weighted by molar-refractivity contribution is 7.47. The van der Waals surface area contributed by atoms with E-state index >= 15 is 0 Å². The highest BCUT2D eigenvalue weighted by Crippen LogP contribution is 2.45. The summed E-state index contributed by atoms with van der Waals surface area (Å²) in [6, 6.07) is 2.23. The van der Waals surface area contributed by atoms with Crippen molar-refractivity contribution in [3.8, 4) is 5.75 Å². The van der Waals surface area contributed by atoms with Crippen LogP contribution in [0.15, 0.2) is 18.2 Å². The van der Waals surface area contributed by atoms with Crippen LogP contribution in [0.1, 0.15) is 0 Å². The second-order valence-corrected chi connectivity index (χ2v) is 4.16. The maximum absolute atomic E-state index is 11.0. The van der Waals surface area contributed by atoms with Gasteiger partial charge in [-0.1, -0.05) is 0 Å². The van der Waals surface area contributed by atoms with Crippen molar-refractivity contribution >= 4 is 19.2 Å². The summed E-state index contributed by atoms with van der Waals surface area (Å²) in [7, 11) is -4.70. The van der Waals surface area contributed by atoms with Crippen molar-refractivity contribution in [3.05, 3.63) is 38.4 Å². The minimum Gasteiger partial charge on any atom is -0.396 e. The van der Waals surface area contributed by atoms with Crippen molar-refractivity contribution in [2.45, 2.75) is 0 Å². The SMILES string of the molecule is NOP(=O)(O)Oc1ccc([N+](=O)[O-])cc1[N+](=O)[O-]. The Hall–Kier alpha value is -2.07. The predicted molar refractivity (Wildman–Crippen MR) is 55.5 cm³/mol. The molecule has 12 heteroatoms. The Morgan fingerprint density at radius 3 is 2.33 bits per heavy atom. The van der Waals surface area contributed by atoms with E-state index in [4.69, 9.17) is 4.89 Å². The number of nitrogens with two attached hydrogens (primary N) is 1. The number of phosphoric acid groups is 1. The lowest BCUT2D eigenvalue weighted by molar-refractivity contribution is -0.394. The lowest BCUT2D eigenvalue weighted by Crippen LogP contribution is -2.04. The molecule has 98 valence electrons. The number of nitro benzene ring substituents is 2. The molecule has 0 radical (unpaired) electrons. The van der Waals surface area contributed by atoms with E-state index in [0.717, 1.165) is 12.1 Å². The van der Waals surface area contributed by atoms with Crippen LogP contribution in [0.4, 0.5) is 11.4 Å². The average Bonchev–Trinajstić information content (AvgIpc) is 2.28.